The zero-order chi connectivity index (χ0) is 26.4. The molecule has 0 spiro atoms. The minimum atomic E-state index is -0.119. The highest BCUT2D eigenvalue weighted by Crippen LogP contribution is 2.55. The van der Waals surface area contributed by atoms with Crippen molar-refractivity contribution in [3.05, 3.63) is 47.4 Å². The topological polar surface area (TPSA) is 84.2 Å². The molecule has 0 atom stereocenters. The van der Waals surface area contributed by atoms with Gasteiger partial charge < -0.3 is 29.0 Å². The van der Waals surface area contributed by atoms with Crippen LogP contribution in [0.4, 0.5) is 4.79 Å². The number of amides is 3. The molecule has 0 saturated heterocycles. The first-order chi connectivity index (χ1) is 18.2. The molecule has 3 amide bonds. The van der Waals surface area contributed by atoms with E-state index in [1.165, 1.54) is 19.3 Å². The van der Waals surface area contributed by atoms with E-state index in [4.69, 9.17) is 13.9 Å². The molecule has 2 aromatic rings. The highest BCUT2D eigenvalue weighted by Gasteiger charge is 2.52. The molecule has 5 aliphatic rings. The van der Waals surface area contributed by atoms with E-state index < -0.39 is 0 Å². The van der Waals surface area contributed by atoms with Crippen LogP contribution in [-0.4, -0.2) is 46.7 Å². The van der Waals surface area contributed by atoms with Crippen molar-refractivity contribution in [1.82, 2.24) is 15.1 Å². The summed E-state index contributed by atoms with van der Waals surface area (Å²) in [5.74, 6) is 5.01. The molecule has 8 nitrogen and oxygen atoms in total. The molecule has 4 saturated carbocycles. The van der Waals surface area contributed by atoms with Gasteiger partial charge in [-0.25, -0.2) is 4.79 Å². The van der Waals surface area contributed by atoms with Gasteiger partial charge in [-0.1, -0.05) is 6.07 Å². The lowest BCUT2D eigenvalue weighted by atomic mass is 9.53. The van der Waals surface area contributed by atoms with E-state index in [0.29, 0.717) is 30.3 Å². The molecule has 0 unspecified atom stereocenters. The number of ether oxygens (including phenoxy) is 2. The standard InChI is InChI=1S/C30H39N3O5/c1-19(2)33(29(35)31-30-12-22-8-23(13-30)10-24(9-22)14-30)17-28(34)32(16-25-6-4-20(3)38-25)15-21-5-7-26-27(11-21)37-18-36-26/h4-7,11,19,22-24H,8-10,12-18H2,1-3H3,(H,31,35). The maximum absolute atomic E-state index is 13.8. The van der Waals surface area contributed by atoms with Crippen LogP contribution in [-0.2, 0) is 17.9 Å². The number of benzene rings is 1. The Morgan fingerprint density at radius 2 is 1.66 bits per heavy atom. The Hall–Kier alpha value is -3.16. The van der Waals surface area contributed by atoms with Crippen LogP contribution in [0.3, 0.4) is 0 Å². The zero-order valence-electron chi connectivity index (χ0n) is 22.7. The average molecular weight is 522 g/mol. The predicted octanol–water partition coefficient (Wildman–Crippen LogP) is 5.23. The molecule has 1 N–H and O–H groups in total. The summed E-state index contributed by atoms with van der Waals surface area (Å²) >= 11 is 0. The van der Waals surface area contributed by atoms with Crippen molar-refractivity contribution in [2.24, 2.45) is 17.8 Å². The molecule has 1 aromatic carbocycles. The van der Waals surface area contributed by atoms with E-state index in [1.807, 2.05) is 51.1 Å². The second-order valence-corrected chi connectivity index (χ2v) is 12.3. The third-order valence-corrected chi connectivity index (χ3v) is 8.91. The first kappa shape index (κ1) is 25.1. The molecule has 2 heterocycles. The Morgan fingerprint density at radius 1 is 0.974 bits per heavy atom. The molecule has 7 rings (SSSR count). The van der Waals surface area contributed by atoms with Gasteiger partial charge in [0.2, 0.25) is 12.7 Å². The Labute approximate surface area is 224 Å². The van der Waals surface area contributed by atoms with E-state index in [0.717, 1.165) is 48.3 Å². The van der Waals surface area contributed by atoms with Crippen LogP contribution < -0.4 is 14.8 Å². The summed E-state index contributed by atoms with van der Waals surface area (Å²) in [4.78, 5) is 30.9. The second-order valence-electron chi connectivity index (χ2n) is 12.3. The van der Waals surface area contributed by atoms with Crippen LogP contribution in [0.1, 0.15) is 69.5 Å². The highest BCUT2D eigenvalue weighted by molar-refractivity contribution is 5.84. The van der Waals surface area contributed by atoms with Crippen molar-refractivity contribution in [2.45, 2.75) is 84.0 Å². The smallest absolute Gasteiger partial charge is 0.318 e. The molecule has 0 radical (unpaired) electrons. The van der Waals surface area contributed by atoms with Crippen LogP contribution in [0.15, 0.2) is 34.7 Å². The largest absolute Gasteiger partial charge is 0.464 e. The summed E-state index contributed by atoms with van der Waals surface area (Å²) in [6.07, 6.45) is 7.21. The lowest BCUT2D eigenvalue weighted by Crippen LogP contribution is -2.63. The lowest BCUT2D eigenvalue weighted by molar-refractivity contribution is -0.133. The number of fused-ring (bicyclic) bond motifs is 1. The third-order valence-electron chi connectivity index (χ3n) is 8.91. The summed E-state index contributed by atoms with van der Waals surface area (Å²) in [6, 6.07) is 9.30. The molecule has 4 bridgehead atoms. The Morgan fingerprint density at radius 3 is 2.29 bits per heavy atom. The van der Waals surface area contributed by atoms with Gasteiger partial charge in [0.15, 0.2) is 11.5 Å². The van der Waals surface area contributed by atoms with Crippen LogP contribution in [0.25, 0.3) is 0 Å². The summed E-state index contributed by atoms with van der Waals surface area (Å²) in [5, 5.41) is 3.45. The fourth-order valence-corrected chi connectivity index (χ4v) is 7.55. The predicted molar refractivity (Wildman–Crippen MR) is 142 cm³/mol. The molecule has 204 valence electrons. The van der Waals surface area contributed by atoms with E-state index in [9.17, 15) is 9.59 Å². The van der Waals surface area contributed by atoms with Crippen LogP contribution in [0.2, 0.25) is 0 Å². The summed E-state index contributed by atoms with van der Waals surface area (Å²) < 4.78 is 16.8. The highest BCUT2D eigenvalue weighted by atomic mass is 16.7. The fraction of sp³-hybridized carbons (Fsp3) is 0.600. The zero-order valence-corrected chi connectivity index (χ0v) is 22.7. The van der Waals surface area contributed by atoms with Gasteiger partial charge in [0.1, 0.15) is 18.1 Å². The normalized spacial score (nSPS) is 26.6. The van der Waals surface area contributed by atoms with Gasteiger partial charge in [-0.05, 0) is 107 Å². The van der Waals surface area contributed by atoms with Gasteiger partial charge in [0.25, 0.3) is 0 Å². The molecule has 1 aliphatic heterocycles. The minimum Gasteiger partial charge on any atom is -0.464 e. The Kier molecular flexibility index (Phi) is 6.52. The second kappa shape index (κ2) is 9.86. The summed E-state index contributed by atoms with van der Waals surface area (Å²) in [5.41, 5.74) is 0.833. The molecule has 4 aliphatic carbocycles. The number of nitrogens with one attached hydrogen (secondary N) is 1. The number of rotatable bonds is 8. The van der Waals surface area contributed by atoms with Gasteiger partial charge in [0, 0.05) is 18.1 Å². The van der Waals surface area contributed by atoms with Gasteiger partial charge >= 0.3 is 6.03 Å². The molecule has 8 heteroatoms. The Balaban J connectivity index is 1.18. The number of aryl methyl sites for hydroxylation is 1. The number of furan rings is 1. The molecule has 4 fully saturated rings. The van der Waals surface area contributed by atoms with E-state index in [1.54, 1.807) is 9.80 Å². The maximum Gasteiger partial charge on any atom is 0.318 e. The van der Waals surface area contributed by atoms with Crippen molar-refractivity contribution in [3.8, 4) is 11.5 Å². The first-order valence-corrected chi connectivity index (χ1v) is 14.1. The Bertz CT molecular complexity index is 1170. The number of carbonyl (C=O) groups excluding carboxylic acids is 2. The third kappa shape index (κ3) is 5.09. The molecular weight excluding hydrogens is 482 g/mol. The number of hydrogen-bond donors (Lipinski definition) is 1. The fourth-order valence-electron chi connectivity index (χ4n) is 7.55. The van der Waals surface area contributed by atoms with E-state index >= 15 is 0 Å². The number of hydrogen-bond acceptors (Lipinski definition) is 5. The summed E-state index contributed by atoms with van der Waals surface area (Å²) in [7, 11) is 0. The lowest BCUT2D eigenvalue weighted by Gasteiger charge is -2.57. The van der Waals surface area contributed by atoms with E-state index in [-0.39, 0.29) is 36.9 Å². The van der Waals surface area contributed by atoms with Crippen molar-refractivity contribution in [3.63, 3.8) is 0 Å². The monoisotopic (exact) mass is 521 g/mol. The van der Waals surface area contributed by atoms with Gasteiger partial charge in [0.05, 0.1) is 6.54 Å². The number of nitrogens with zero attached hydrogens (tertiary/aromatic N) is 2. The molecular formula is C30H39N3O5. The van der Waals surface area contributed by atoms with Crippen molar-refractivity contribution in [1.29, 1.82) is 0 Å². The molecule has 38 heavy (non-hydrogen) atoms. The maximum atomic E-state index is 13.8. The summed E-state index contributed by atoms with van der Waals surface area (Å²) in [6.45, 7) is 6.76. The number of carbonyl (C=O) groups is 2. The number of urea groups is 1. The minimum absolute atomic E-state index is 0.0140. The average Bonchev–Trinajstić information content (AvgIpc) is 3.48. The quantitative estimate of drug-likeness (QED) is 0.514. The van der Waals surface area contributed by atoms with Crippen LogP contribution >= 0.6 is 0 Å². The first-order valence-electron chi connectivity index (χ1n) is 14.1. The molecule has 1 aromatic heterocycles. The van der Waals surface area contributed by atoms with Crippen LogP contribution in [0.5, 0.6) is 11.5 Å². The van der Waals surface area contributed by atoms with Gasteiger partial charge in [-0.3, -0.25) is 4.79 Å². The SMILES string of the molecule is Cc1ccc(CN(Cc2ccc3c(c2)OCO3)C(=O)CN(C(=O)NC23CC4CC(CC(C4)C2)C3)C(C)C)o1. The van der Waals surface area contributed by atoms with Crippen molar-refractivity contribution < 1.29 is 23.5 Å². The van der Waals surface area contributed by atoms with Crippen molar-refractivity contribution >= 4 is 11.9 Å². The van der Waals surface area contributed by atoms with E-state index in [2.05, 4.69) is 5.32 Å². The van der Waals surface area contributed by atoms with Crippen molar-refractivity contribution in [2.75, 3.05) is 13.3 Å². The van der Waals surface area contributed by atoms with Gasteiger partial charge in [-0.2, -0.15) is 0 Å². The van der Waals surface area contributed by atoms with Gasteiger partial charge in [-0.15, -0.1) is 0 Å². The van der Waals surface area contributed by atoms with Crippen LogP contribution in [0, 0.1) is 24.7 Å².